The minimum absolute atomic E-state index is 0.0830. The molecule has 1 aromatic heterocycles. The Morgan fingerprint density at radius 2 is 2.07 bits per heavy atom. The van der Waals surface area contributed by atoms with E-state index in [0.717, 1.165) is 24.2 Å². The van der Waals surface area contributed by atoms with Gasteiger partial charge in [-0.15, -0.1) is 0 Å². The molecule has 3 rings (SSSR count). The Bertz CT molecular complexity index is 797. The SMILES string of the molecule is Cc1cnn(Cc2cccc(F)c2)c1NC(=O)[C@@H](C)N1C[C@@H](C)O[C@@H](C)C1. The Morgan fingerprint density at radius 3 is 2.74 bits per heavy atom. The Labute approximate surface area is 159 Å². The van der Waals surface area contributed by atoms with Crippen LogP contribution in [0.25, 0.3) is 0 Å². The van der Waals surface area contributed by atoms with Gasteiger partial charge in [0.25, 0.3) is 0 Å². The van der Waals surface area contributed by atoms with Crippen LogP contribution in [0.15, 0.2) is 30.5 Å². The molecular formula is C20H27FN4O2. The van der Waals surface area contributed by atoms with Crippen LogP contribution >= 0.6 is 0 Å². The molecule has 0 aliphatic carbocycles. The number of aryl methyl sites for hydroxylation is 1. The fraction of sp³-hybridized carbons (Fsp3) is 0.500. The van der Waals surface area contributed by atoms with Crippen molar-refractivity contribution in [3.63, 3.8) is 0 Å². The van der Waals surface area contributed by atoms with Crippen molar-refractivity contribution in [1.82, 2.24) is 14.7 Å². The normalized spacial score (nSPS) is 21.8. The van der Waals surface area contributed by atoms with Crippen LogP contribution in [-0.2, 0) is 16.1 Å². The molecule has 7 heteroatoms. The smallest absolute Gasteiger partial charge is 0.242 e. The highest BCUT2D eigenvalue weighted by molar-refractivity contribution is 5.94. The van der Waals surface area contributed by atoms with Crippen LogP contribution in [-0.4, -0.2) is 51.9 Å². The Kier molecular flexibility index (Phi) is 5.92. The summed E-state index contributed by atoms with van der Waals surface area (Å²) in [6, 6.07) is 6.11. The Morgan fingerprint density at radius 1 is 1.37 bits per heavy atom. The van der Waals surface area contributed by atoms with Crippen LogP contribution in [0.3, 0.4) is 0 Å². The second-order valence-corrected chi connectivity index (χ2v) is 7.34. The molecule has 1 amide bonds. The monoisotopic (exact) mass is 374 g/mol. The van der Waals surface area contributed by atoms with Gasteiger partial charge in [0.15, 0.2) is 0 Å². The van der Waals surface area contributed by atoms with E-state index < -0.39 is 0 Å². The molecule has 0 bridgehead atoms. The maximum absolute atomic E-state index is 13.4. The summed E-state index contributed by atoms with van der Waals surface area (Å²) in [6.45, 7) is 9.68. The van der Waals surface area contributed by atoms with Gasteiger partial charge in [-0.25, -0.2) is 9.07 Å². The molecule has 0 radical (unpaired) electrons. The predicted octanol–water partition coefficient (Wildman–Crippen LogP) is 2.82. The summed E-state index contributed by atoms with van der Waals surface area (Å²) in [6.07, 6.45) is 1.91. The van der Waals surface area contributed by atoms with Crippen LogP contribution in [0.4, 0.5) is 10.2 Å². The number of rotatable bonds is 5. The second kappa shape index (κ2) is 8.19. The number of carbonyl (C=O) groups excluding carboxylic acids is 1. The molecule has 6 nitrogen and oxygen atoms in total. The van der Waals surface area contributed by atoms with Gasteiger partial charge in [0.1, 0.15) is 11.6 Å². The van der Waals surface area contributed by atoms with Crippen molar-refractivity contribution in [3.8, 4) is 0 Å². The molecule has 0 unspecified atom stereocenters. The average Bonchev–Trinajstić information content (AvgIpc) is 2.93. The molecule has 3 atom stereocenters. The number of aromatic nitrogens is 2. The van der Waals surface area contributed by atoms with Crippen molar-refractivity contribution in [1.29, 1.82) is 0 Å². The fourth-order valence-corrected chi connectivity index (χ4v) is 3.49. The summed E-state index contributed by atoms with van der Waals surface area (Å²) in [5.41, 5.74) is 1.66. The summed E-state index contributed by atoms with van der Waals surface area (Å²) in [5, 5.41) is 7.34. The minimum atomic E-state index is -0.286. The molecule has 1 saturated heterocycles. The van der Waals surface area contributed by atoms with E-state index in [1.54, 1.807) is 16.9 Å². The highest BCUT2D eigenvalue weighted by Gasteiger charge is 2.29. The number of nitrogens with one attached hydrogen (secondary N) is 1. The van der Waals surface area contributed by atoms with E-state index in [1.807, 2.05) is 33.8 Å². The highest BCUT2D eigenvalue weighted by atomic mass is 19.1. The molecule has 1 aromatic carbocycles. The molecule has 0 saturated carbocycles. The number of carbonyl (C=O) groups is 1. The zero-order valence-corrected chi connectivity index (χ0v) is 16.3. The van der Waals surface area contributed by atoms with Crippen molar-refractivity contribution < 1.29 is 13.9 Å². The largest absolute Gasteiger partial charge is 0.373 e. The standard InChI is InChI=1S/C20H27FN4O2/c1-13-9-22-25(12-17-6-5-7-18(21)8-17)19(13)23-20(26)16(4)24-10-14(2)27-15(3)11-24/h5-9,14-16H,10-12H2,1-4H3,(H,23,26)/t14-,15+,16-/m1/s1. The molecule has 1 N–H and O–H groups in total. The molecule has 1 aliphatic heterocycles. The third-order valence-corrected chi connectivity index (χ3v) is 4.86. The molecule has 2 heterocycles. The van der Waals surface area contributed by atoms with Crippen molar-refractivity contribution in [3.05, 3.63) is 47.4 Å². The first-order valence-corrected chi connectivity index (χ1v) is 9.30. The summed E-state index contributed by atoms with van der Waals surface area (Å²) >= 11 is 0. The quantitative estimate of drug-likeness (QED) is 0.874. The molecule has 27 heavy (non-hydrogen) atoms. The Balaban J connectivity index is 1.71. The number of halogens is 1. The zero-order valence-electron chi connectivity index (χ0n) is 16.3. The van der Waals surface area contributed by atoms with E-state index in [-0.39, 0.29) is 30.0 Å². The number of hydrogen-bond donors (Lipinski definition) is 1. The number of nitrogens with zero attached hydrogens (tertiary/aromatic N) is 3. The van der Waals surface area contributed by atoms with Crippen molar-refractivity contribution >= 4 is 11.7 Å². The van der Waals surface area contributed by atoms with E-state index in [0.29, 0.717) is 12.4 Å². The van der Waals surface area contributed by atoms with E-state index in [9.17, 15) is 9.18 Å². The van der Waals surface area contributed by atoms with Gasteiger partial charge in [-0.05, 0) is 45.4 Å². The van der Waals surface area contributed by atoms with Gasteiger partial charge < -0.3 is 10.1 Å². The summed E-state index contributed by atoms with van der Waals surface area (Å²) in [5.74, 6) is 0.275. The zero-order chi connectivity index (χ0) is 19.6. The molecular weight excluding hydrogens is 347 g/mol. The lowest BCUT2D eigenvalue weighted by molar-refractivity contribution is -0.126. The van der Waals surface area contributed by atoms with Crippen molar-refractivity contribution in [2.75, 3.05) is 18.4 Å². The number of amides is 1. The number of anilines is 1. The first-order chi connectivity index (χ1) is 12.8. The first-order valence-electron chi connectivity index (χ1n) is 9.30. The Hall–Kier alpha value is -2.25. The molecule has 146 valence electrons. The van der Waals surface area contributed by atoms with Gasteiger partial charge in [-0.3, -0.25) is 9.69 Å². The first kappa shape index (κ1) is 19.5. The van der Waals surface area contributed by atoms with Crippen LogP contribution in [0.2, 0.25) is 0 Å². The lowest BCUT2D eigenvalue weighted by Gasteiger charge is -2.38. The summed E-state index contributed by atoms with van der Waals surface area (Å²) in [7, 11) is 0. The number of ether oxygens (including phenoxy) is 1. The molecule has 1 fully saturated rings. The lowest BCUT2D eigenvalue weighted by Crippen LogP contribution is -2.52. The summed E-state index contributed by atoms with van der Waals surface area (Å²) in [4.78, 5) is 15.0. The molecule has 0 spiro atoms. The van der Waals surface area contributed by atoms with Crippen molar-refractivity contribution in [2.45, 2.75) is 52.5 Å². The minimum Gasteiger partial charge on any atom is -0.373 e. The fourth-order valence-electron chi connectivity index (χ4n) is 3.49. The highest BCUT2D eigenvalue weighted by Crippen LogP contribution is 2.19. The summed E-state index contributed by atoms with van der Waals surface area (Å²) < 4.78 is 20.9. The molecule has 1 aliphatic rings. The number of hydrogen-bond acceptors (Lipinski definition) is 4. The van der Waals surface area contributed by atoms with Gasteiger partial charge in [0, 0.05) is 18.7 Å². The number of benzene rings is 1. The van der Waals surface area contributed by atoms with E-state index in [1.165, 1.54) is 12.1 Å². The van der Waals surface area contributed by atoms with Gasteiger partial charge in [-0.2, -0.15) is 5.10 Å². The van der Waals surface area contributed by atoms with E-state index in [2.05, 4.69) is 15.3 Å². The van der Waals surface area contributed by atoms with E-state index in [4.69, 9.17) is 4.74 Å². The van der Waals surface area contributed by atoms with Gasteiger partial charge in [0.2, 0.25) is 5.91 Å². The van der Waals surface area contributed by atoms with E-state index >= 15 is 0 Å². The third kappa shape index (κ3) is 4.73. The number of morpholine rings is 1. The maximum Gasteiger partial charge on any atom is 0.242 e. The van der Waals surface area contributed by atoms with Gasteiger partial charge >= 0.3 is 0 Å². The van der Waals surface area contributed by atoms with Crippen LogP contribution in [0, 0.1) is 12.7 Å². The van der Waals surface area contributed by atoms with Crippen LogP contribution < -0.4 is 5.32 Å². The third-order valence-electron chi connectivity index (χ3n) is 4.86. The van der Waals surface area contributed by atoms with Crippen LogP contribution in [0.5, 0.6) is 0 Å². The maximum atomic E-state index is 13.4. The average molecular weight is 374 g/mol. The lowest BCUT2D eigenvalue weighted by atomic mass is 10.1. The second-order valence-electron chi connectivity index (χ2n) is 7.34. The van der Waals surface area contributed by atoms with Gasteiger partial charge in [0.05, 0.1) is 31.0 Å². The topological polar surface area (TPSA) is 59.4 Å². The predicted molar refractivity (Wildman–Crippen MR) is 102 cm³/mol. The molecule has 2 aromatic rings. The van der Waals surface area contributed by atoms with Crippen LogP contribution in [0.1, 0.15) is 31.9 Å². The van der Waals surface area contributed by atoms with Gasteiger partial charge in [-0.1, -0.05) is 12.1 Å². The van der Waals surface area contributed by atoms with Crippen molar-refractivity contribution in [2.24, 2.45) is 0 Å².